The molecule has 0 bridgehead atoms. The number of hydrogen-bond acceptors (Lipinski definition) is 2. The van der Waals surface area contributed by atoms with Gasteiger partial charge < -0.3 is 10.2 Å². The summed E-state index contributed by atoms with van der Waals surface area (Å²) in [4.78, 5) is 0. The monoisotopic (exact) mass is 344 g/mol. The Kier molecular flexibility index (Phi) is 3.09. The average molecular weight is 346 g/mol. The Hall–Kier alpha value is -0.420. The van der Waals surface area contributed by atoms with Crippen molar-refractivity contribution in [2.45, 2.75) is 9.02 Å². The zero-order valence-corrected chi connectivity index (χ0v) is 11.4. The molecule has 1 aliphatic carbocycles. The molecule has 0 saturated heterocycles. The summed E-state index contributed by atoms with van der Waals surface area (Å²) in [7, 11) is 0. The second-order valence-corrected chi connectivity index (χ2v) is 7.23. The molecule has 0 aromatic heterocycles. The second-order valence-electron chi connectivity index (χ2n) is 3.66. The third-order valence-corrected chi connectivity index (χ3v) is 3.72. The molecule has 0 aliphatic heterocycles. The zero-order chi connectivity index (χ0) is 11.8. The van der Waals surface area contributed by atoms with E-state index >= 15 is 0 Å². The Morgan fingerprint density at radius 2 is 1.56 bits per heavy atom. The Bertz CT molecular complexity index is 447. The van der Waals surface area contributed by atoms with Crippen LogP contribution in [0.4, 0.5) is 0 Å². The van der Waals surface area contributed by atoms with Crippen LogP contribution in [0, 0.1) is 0 Å². The first kappa shape index (κ1) is 12.0. The third-order valence-electron chi connectivity index (χ3n) is 2.34. The highest BCUT2D eigenvalue weighted by Crippen LogP contribution is 2.45. The van der Waals surface area contributed by atoms with Crippen LogP contribution < -0.4 is 0 Å². The minimum Gasteiger partial charge on any atom is -0.359 e. The van der Waals surface area contributed by atoms with Crippen LogP contribution in [0.3, 0.4) is 0 Å². The molecule has 0 unspecified atom stereocenters. The van der Waals surface area contributed by atoms with E-state index in [0.717, 1.165) is 11.1 Å². The number of benzene rings is 1. The molecule has 2 rings (SSSR count). The van der Waals surface area contributed by atoms with E-state index in [1.165, 1.54) is 12.2 Å². The smallest absolute Gasteiger partial charge is 0.203 e. The second kappa shape index (κ2) is 4.11. The highest BCUT2D eigenvalue weighted by molar-refractivity contribution is 9.25. The lowest BCUT2D eigenvalue weighted by Crippen LogP contribution is -2.29. The van der Waals surface area contributed by atoms with Crippen LogP contribution in [-0.4, -0.2) is 19.2 Å². The lowest BCUT2D eigenvalue weighted by atomic mass is 9.95. The number of hydrogen-bond donors (Lipinski definition) is 2. The maximum absolute atomic E-state index is 9.59. The van der Waals surface area contributed by atoms with Gasteiger partial charge in [0.15, 0.2) is 0 Å². The molecule has 1 aromatic rings. The van der Waals surface area contributed by atoms with Crippen LogP contribution in [0.25, 0.3) is 5.57 Å². The van der Waals surface area contributed by atoms with Crippen molar-refractivity contribution < 1.29 is 10.2 Å². The van der Waals surface area contributed by atoms with Crippen LogP contribution in [0.15, 0.2) is 48.6 Å². The lowest BCUT2D eigenvalue weighted by Gasteiger charge is -2.29. The van der Waals surface area contributed by atoms with Crippen LogP contribution in [0.5, 0.6) is 0 Å². The molecule has 2 N–H and O–H groups in total. The molecule has 4 heteroatoms. The largest absolute Gasteiger partial charge is 0.359 e. The van der Waals surface area contributed by atoms with Gasteiger partial charge in [0.2, 0.25) is 5.79 Å². The van der Waals surface area contributed by atoms with Gasteiger partial charge in [-0.2, -0.15) is 0 Å². The minimum atomic E-state index is -1.89. The number of aliphatic hydroxyl groups is 2. The highest BCUT2D eigenvalue weighted by atomic mass is 79.9. The summed E-state index contributed by atoms with van der Waals surface area (Å²) in [5, 5.41) is 19.2. The van der Waals surface area contributed by atoms with Crippen LogP contribution >= 0.6 is 31.9 Å². The van der Waals surface area contributed by atoms with E-state index in [9.17, 15) is 10.2 Å². The minimum absolute atomic E-state index is 0.559. The SMILES string of the molecule is OC1(O)C=CC(Br)(Br)C(c2ccccc2)=C1. The van der Waals surface area contributed by atoms with Crippen molar-refractivity contribution in [3.63, 3.8) is 0 Å². The molecule has 0 spiro atoms. The van der Waals surface area contributed by atoms with Gasteiger partial charge in [-0.15, -0.1) is 0 Å². The topological polar surface area (TPSA) is 40.5 Å². The van der Waals surface area contributed by atoms with Gasteiger partial charge in [-0.1, -0.05) is 68.3 Å². The predicted molar refractivity (Wildman–Crippen MR) is 71.3 cm³/mol. The fraction of sp³-hybridized carbons (Fsp3) is 0.167. The summed E-state index contributed by atoms with van der Waals surface area (Å²) in [6.45, 7) is 0. The Morgan fingerprint density at radius 3 is 2.19 bits per heavy atom. The highest BCUT2D eigenvalue weighted by Gasteiger charge is 2.34. The Labute approximate surface area is 111 Å². The van der Waals surface area contributed by atoms with E-state index in [-0.39, 0.29) is 0 Å². The van der Waals surface area contributed by atoms with Crippen LogP contribution in [0.1, 0.15) is 5.56 Å². The molecule has 1 aliphatic rings. The number of alkyl halides is 2. The first-order valence-electron chi connectivity index (χ1n) is 4.72. The normalized spacial score (nSPS) is 21.6. The molecular weight excluding hydrogens is 336 g/mol. The van der Waals surface area contributed by atoms with Crippen LogP contribution in [-0.2, 0) is 0 Å². The molecular formula is C12H10Br2O2. The summed E-state index contributed by atoms with van der Waals surface area (Å²) < 4.78 is -0.559. The average Bonchev–Trinajstić information content (AvgIpc) is 2.24. The van der Waals surface area contributed by atoms with E-state index in [1.54, 1.807) is 6.08 Å². The lowest BCUT2D eigenvalue weighted by molar-refractivity contribution is -0.0746. The molecule has 0 fully saturated rings. The molecule has 0 saturated carbocycles. The first-order valence-corrected chi connectivity index (χ1v) is 6.31. The molecule has 84 valence electrons. The molecule has 0 amide bonds. The van der Waals surface area contributed by atoms with Crippen molar-refractivity contribution in [2.75, 3.05) is 0 Å². The summed E-state index contributed by atoms with van der Waals surface area (Å²) in [5.41, 5.74) is 1.69. The van der Waals surface area contributed by atoms with Gasteiger partial charge in [-0.25, -0.2) is 0 Å². The molecule has 0 atom stereocenters. The van der Waals surface area contributed by atoms with Gasteiger partial charge in [0, 0.05) is 0 Å². The van der Waals surface area contributed by atoms with Gasteiger partial charge in [0.05, 0.1) is 0 Å². The standard InChI is InChI=1S/C12H10Br2O2/c13-12(14)7-6-11(15,16)8-10(12)9-4-2-1-3-5-9/h1-8,15-16H. The molecule has 0 radical (unpaired) electrons. The number of rotatable bonds is 1. The maximum atomic E-state index is 9.59. The van der Waals surface area contributed by atoms with E-state index in [2.05, 4.69) is 31.9 Å². The van der Waals surface area contributed by atoms with Gasteiger partial charge in [0.25, 0.3) is 0 Å². The van der Waals surface area contributed by atoms with Crippen LogP contribution in [0.2, 0.25) is 0 Å². The number of halogens is 2. The quantitative estimate of drug-likeness (QED) is 0.467. The molecule has 2 nitrogen and oxygen atoms in total. The van der Waals surface area contributed by atoms with Crippen molar-refractivity contribution in [1.82, 2.24) is 0 Å². The van der Waals surface area contributed by atoms with E-state index in [4.69, 9.17) is 0 Å². The van der Waals surface area contributed by atoms with Crippen molar-refractivity contribution in [3.8, 4) is 0 Å². The fourth-order valence-electron chi connectivity index (χ4n) is 1.57. The zero-order valence-electron chi connectivity index (χ0n) is 8.27. The summed E-state index contributed by atoms with van der Waals surface area (Å²) in [6, 6.07) is 9.55. The summed E-state index contributed by atoms with van der Waals surface area (Å²) in [5.74, 6) is -1.89. The van der Waals surface area contributed by atoms with Gasteiger partial charge >= 0.3 is 0 Å². The van der Waals surface area contributed by atoms with E-state index < -0.39 is 9.02 Å². The first-order chi connectivity index (χ1) is 7.41. The van der Waals surface area contributed by atoms with Gasteiger partial charge in [-0.05, 0) is 23.3 Å². The predicted octanol–water partition coefficient (Wildman–Crippen LogP) is 2.81. The molecule has 1 aromatic carbocycles. The van der Waals surface area contributed by atoms with Crippen molar-refractivity contribution in [3.05, 3.63) is 54.1 Å². The summed E-state index contributed by atoms with van der Waals surface area (Å²) >= 11 is 6.97. The molecule has 16 heavy (non-hydrogen) atoms. The Morgan fingerprint density at radius 1 is 0.938 bits per heavy atom. The maximum Gasteiger partial charge on any atom is 0.203 e. The molecule has 0 heterocycles. The van der Waals surface area contributed by atoms with E-state index in [0.29, 0.717) is 0 Å². The summed E-state index contributed by atoms with van der Waals surface area (Å²) in [6.07, 6.45) is 4.39. The van der Waals surface area contributed by atoms with Crippen molar-refractivity contribution >= 4 is 37.4 Å². The van der Waals surface area contributed by atoms with E-state index in [1.807, 2.05) is 30.3 Å². The third kappa shape index (κ3) is 2.46. The fourth-order valence-corrected chi connectivity index (χ4v) is 2.52. The number of allylic oxidation sites excluding steroid dienone is 2. The van der Waals surface area contributed by atoms with Gasteiger partial charge in [0.1, 0.15) is 3.23 Å². The Balaban J connectivity index is 2.50. The van der Waals surface area contributed by atoms with Gasteiger partial charge in [-0.3, -0.25) is 0 Å². The van der Waals surface area contributed by atoms with Crippen molar-refractivity contribution in [1.29, 1.82) is 0 Å². The van der Waals surface area contributed by atoms with Crippen molar-refractivity contribution in [2.24, 2.45) is 0 Å².